The van der Waals surface area contributed by atoms with E-state index in [1.807, 2.05) is 0 Å². The van der Waals surface area contributed by atoms with Crippen molar-refractivity contribution >= 4 is 29.5 Å². The molecule has 0 aliphatic carbocycles. The van der Waals surface area contributed by atoms with Crippen molar-refractivity contribution < 1.29 is 32.2 Å². The molecular weight excluding hydrogens is 521 g/mol. The number of nitrogens with zero attached hydrogens (tertiary/aromatic N) is 2. The highest BCUT2D eigenvalue weighted by molar-refractivity contribution is 5.98. The van der Waals surface area contributed by atoms with Crippen LogP contribution in [0.3, 0.4) is 0 Å². The third-order valence-corrected chi connectivity index (χ3v) is 5.48. The monoisotopic (exact) mass is 546 g/mol. The number of hydrogen-bond donors (Lipinski definition) is 2. The summed E-state index contributed by atoms with van der Waals surface area (Å²) in [5.41, 5.74) is 4.34. The fourth-order valence-corrected chi connectivity index (χ4v) is 3.51. The summed E-state index contributed by atoms with van der Waals surface area (Å²) in [6.45, 7) is -0.933. The van der Waals surface area contributed by atoms with Gasteiger partial charge < -0.3 is 15.2 Å². The molecule has 0 radical (unpaired) electrons. The molecule has 1 amide bonds. The fraction of sp³-hybridized carbons (Fsp3) is 0.231. The maximum atomic E-state index is 13.0. The van der Waals surface area contributed by atoms with Gasteiger partial charge in [0.05, 0.1) is 18.7 Å². The first-order valence-electron chi connectivity index (χ1n) is 11.5. The molecule has 3 aromatic rings. The Morgan fingerprint density at radius 1 is 1.08 bits per heavy atom. The van der Waals surface area contributed by atoms with E-state index in [9.17, 15) is 32.3 Å². The number of rotatable bonds is 10. The molecule has 2 aromatic carbocycles. The zero-order valence-electron chi connectivity index (χ0n) is 20.7. The summed E-state index contributed by atoms with van der Waals surface area (Å²) in [6.07, 6.45) is -2.33. The van der Waals surface area contributed by atoms with Crippen molar-refractivity contribution in [2.45, 2.75) is 12.7 Å². The minimum atomic E-state index is -4.49. The van der Waals surface area contributed by atoms with Gasteiger partial charge in [-0.05, 0) is 29.3 Å². The molecule has 0 aliphatic rings. The van der Waals surface area contributed by atoms with E-state index in [1.54, 1.807) is 30.3 Å². The van der Waals surface area contributed by atoms with Crippen LogP contribution in [0.15, 0.2) is 70.3 Å². The number of hydrogen-bond acceptors (Lipinski definition) is 7. The number of amides is 1. The number of alkyl halides is 3. The topological polar surface area (TPSA) is 137 Å². The number of methoxy groups -OCH3 is 1. The first-order valence-corrected chi connectivity index (χ1v) is 11.5. The van der Waals surface area contributed by atoms with Gasteiger partial charge >= 0.3 is 17.8 Å². The molecular formula is C26H25F3N4O6. The summed E-state index contributed by atoms with van der Waals surface area (Å²) in [5.74, 6) is -2.05. The van der Waals surface area contributed by atoms with Crippen LogP contribution in [-0.2, 0) is 31.8 Å². The van der Waals surface area contributed by atoms with Crippen LogP contribution < -0.4 is 21.9 Å². The number of benzene rings is 2. The number of anilines is 2. The van der Waals surface area contributed by atoms with Gasteiger partial charge in [0.25, 0.3) is 11.5 Å². The Hall–Kier alpha value is -4.65. The summed E-state index contributed by atoms with van der Waals surface area (Å²) < 4.78 is 49.1. The lowest BCUT2D eigenvalue weighted by molar-refractivity contribution is -0.143. The molecule has 3 rings (SSSR count). The molecule has 0 atom stereocenters. The van der Waals surface area contributed by atoms with Crippen LogP contribution >= 0.6 is 0 Å². The van der Waals surface area contributed by atoms with Gasteiger partial charge in [-0.1, -0.05) is 42.5 Å². The van der Waals surface area contributed by atoms with Gasteiger partial charge in [-0.15, -0.1) is 0 Å². The van der Waals surface area contributed by atoms with Crippen LogP contribution in [0.4, 0.5) is 24.7 Å². The van der Waals surface area contributed by atoms with Crippen molar-refractivity contribution in [2.75, 3.05) is 37.5 Å². The molecule has 3 N–H and O–H groups in total. The van der Waals surface area contributed by atoms with Crippen LogP contribution in [0.5, 0.6) is 0 Å². The molecule has 0 aliphatic heterocycles. The maximum absolute atomic E-state index is 13.0. The average molecular weight is 547 g/mol. The minimum Gasteiger partial charge on any atom is -0.452 e. The minimum absolute atomic E-state index is 0.00972. The second kappa shape index (κ2) is 12.7. The number of nitrogen functional groups attached to an aromatic ring is 1. The van der Waals surface area contributed by atoms with E-state index in [0.717, 1.165) is 27.7 Å². The molecule has 206 valence electrons. The van der Waals surface area contributed by atoms with Gasteiger partial charge in [-0.3, -0.25) is 24.0 Å². The number of aromatic nitrogens is 2. The quantitative estimate of drug-likeness (QED) is 0.294. The molecule has 1 heterocycles. The smallest absolute Gasteiger partial charge is 0.416 e. The largest absolute Gasteiger partial charge is 0.452 e. The van der Waals surface area contributed by atoms with Crippen molar-refractivity contribution in [2.24, 2.45) is 0 Å². The zero-order chi connectivity index (χ0) is 28.6. The van der Waals surface area contributed by atoms with E-state index >= 15 is 0 Å². The summed E-state index contributed by atoms with van der Waals surface area (Å²) >= 11 is 0. The highest BCUT2D eigenvalue weighted by Crippen LogP contribution is 2.29. The number of esters is 1. The van der Waals surface area contributed by atoms with Gasteiger partial charge in [0, 0.05) is 19.7 Å². The van der Waals surface area contributed by atoms with Gasteiger partial charge in [0.2, 0.25) is 0 Å². The third-order valence-electron chi connectivity index (χ3n) is 5.48. The molecule has 1 aromatic heterocycles. The summed E-state index contributed by atoms with van der Waals surface area (Å²) in [5, 5.41) is 0. The summed E-state index contributed by atoms with van der Waals surface area (Å²) in [4.78, 5) is 53.4. The molecule has 39 heavy (non-hydrogen) atoms. The Labute approximate surface area is 220 Å². The Morgan fingerprint density at radius 3 is 2.36 bits per heavy atom. The van der Waals surface area contributed by atoms with Crippen LogP contribution in [0, 0.1) is 0 Å². The fourth-order valence-electron chi connectivity index (χ4n) is 3.51. The number of nitrogens with two attached hydrogens (primary N) is 1. The van der Waals surface area contributed by atoms with Crippen molar-refractivity contribution in [3.8, 4) is 0 Å². The third kappa shape index (κ3) is 7.68. The lowest BCUT2D eigenvalue weighted by Crippen LogP contribution is -2.44. The number of ether oxygens (including phenoxy) is 2. The van der Waals surface area contributed by atoms with E-state index in [-0.39, 0.29) is 31.2 Å². The second-order valence-electron chi connectivity index (χ2n) is 8.16. The predicted octanol–water partition coefficient (Wildman–Crippen LogP) is 2.42. The predicted molar refractivity (Wildman–Crippen MR) is 137 cm³/mol. The Kier molecular flexibility index (Phi) is 9.44. The Morgan fingerprint density at radius 2 is 1.74 bits per heavy atom. The van der Waals surface area contributed by atoms with Crippen molar-refractivity contribution in [1.29, 1.82) is 0 Å². The van der Waals surface area contributed by atoms with Gasteiger partial charge in [0.15, 0.2) is 12.3 Å². The average Bonchev–Trinajstić information content (AvgIpc) is 2.90. The SMILES string of the molecule is COCCN(C(=O)COC(=O)C=Cc1ccc(C(F)(F)F)cc1)c1c(N)n(Cc2ccccc2)c(=O)[nH]c1=O. The van der Waals surface area contributed by atoms with Crippen molar-refractivity contribution in [3.63, 3.8) is 0 Å². The van der Waals surface area contributed by atoms with E-state index in [1.165, 1.54) is 25.3 Å². The van der Waals surface area contributed by atoms with E-state index in [0.29, 0.717) is 11.1 Å². The van der Waals surface area contributed by atoms with Crippen LogP contribution in [-0.4, -0.2) is 48.3 Å². The molecule has 10 nitrogen and oxygen atoms in total. The maximum Gasteiger partial charge on any atom is 0.416 e. The first kappa shape index (κ1) is 28.9. The van der Waals surface area contributed by atoms with E-state index < -0.39 is 41.5 Å². The molecule has 0 saturated carbocycles. The van der Waals surface area contributed by atoms with Gasteiger partial charge in [-0.2, -0.15) is 13.2 Å². The molecule has 13 heteroatoms. The van der Waals surface area contributed by atoms with Crippen molar-refractivity contribution in [3.05, 3.63) is 98.2 Å². The number of carbonyl (C=O) groups is 2. The lowest BCUT2D eigenvalue weighted by atomic mass is 10.1. The van der Waals surface area contributed by atoms with Crippen LogP contribution in [0.2, 0.25) is 0 Å². The standard InChI is InChI=1S/C26H25F3N4O6/c1-38-14-13-32(22-23(30)33(25(37)31-24(22)36)15-18-5-3-2-4-6-18)20(34)16-39-21(35)12-9-17-7-10-19(11-8-17)26(27,28)29/h2-12H,13-16,30H2,1H3,(H,31,36,37). The molecule has 0 bridgehead atoms. The highest BCUT2D eigenvalue weighted by atomic mass is 19.4. The second-order valence-corrected chi connectivity index (χ2v) is 8.16. The van der Waals surface area contributed by atoms with E-state index in [4.69, 9.17) is 15.2 Å². The summed E-state index contributed by atoms with van der Waals surface area (Å²) in [7, 11) is 1.37. The zero-order valence-corrected chi connectivity index (χ0v) is 20.7. The Balaban J connectivity index is 1.77. The number of aromatic amines is 1. The number of halogens is 3. The molecule has 0 fully saturated rings. The molecule has 0 unspecified atom stereocenters. The summed E-state index contributed by atoms with van der Waals surface area (Å²) in [6, 6.07) is 12.9. The lowest BCUT2D eigenvalue weighted by Gasteiger charge is -2.24. The molecule has 0 spiro atoms. The Bertz CT molecular complexity index is 1450. The van der Waals surface area contributed by atoms with Crippen LogP contribution in [0.25, 0.3) is 6.08 Å². The highest BCUT2D eigenvalue weighted by Gasteiger charge is 2.30. The van der Waals surface area contributed by atoms with Gasteiger partial charge in [0.1, 0.15) is 5.82 Å². The van der Waals surface area contributed by atoms with Crippen LogP contribution in [0.1, 0.15) is 16.7 Å². The molecule has 0 saturated heterocycles. The number of carbonyl (C=O) groups excluding carboxylic acids is 2. The normalized spacial score (nSPS) is 11.5. The number of nitrogens with one attached hydrogen (secondary N) is 1. The van der Waals surface area contributed by atoms with E-state index in [2.05, 4.69) is 4.98 Å². The number of H-pyrrole nitrogens is 1. The van der Waals surface area contributed by atoms with Crippen molar-refractivity contribution in [1.82, 2.24) is 9.55 Å². The van der Waals surface area contributed by atoms with Gasteiger partial charge in [-0.25, -0.2) is 9.59 Å². The first-order chi connectivity index (χ1) is 18.5.